The molecule has 2 rings (SSSR count). The minimum absolute atomic E-state index is 0.0997. The number of rotatable bonds is 3. The average Bonchev–Trinajstić information content (AvgIpc) is 2.31. The molecule has 0 fully saturated rings. The number of hydrogen-bond acceptors (Lipinski definition) is 5. The Morgan fingerprint density at radius 1 is 1.22 bits per heavy atom. The molecule has 18 heavy (non-hydrogen) atoms. The fraction of sp³-hybridized carbons (Fsp3) is 0.167. The Hall–Kier alpha value is -1.95. The van der Waals surface area contributed by atoms with E-state index >= 15 is 0 Å². The first-order valence-electron chi connectivity index (χ1n) is 5.30. The van der Waals surface area contributed by atoms with Crippen LogP contribution in [-0.2, 0) is 15.6 Å². The van der Waals surface area contributed by atoms with Gasteiger partial charge in [-0.3, -0.25) is 0 Å². The van der Waals surface area contributed by atoms with E-state index in [1.165, 1.54) is 12.5 Å². The maximum absolute atomic E-state index is 11.4. The van der Waals surface area contributed by atoms with Gasteiger partial charge in [-0.2, -0.15) is 0 Å². The number of benzene rings is 1. The molecule has 0 aliphatic rings. The maximum Gasteiger partial charge on any atom is 0.220 e. The zero-order valence-electron chi connectivity index (χ0n) is 9.87. The number of nitrogens with two attached hydrogens (primary N) is 1. The summed E-state index contributed by atoms with van der Waals surface area (Å²) >= 11 is 0. The summed E-state index contributed by atoms with van der Waals surface area (Å²) in [4.78, 5) is 7.98. The van der Waals surface area contributed by atoms with Gasteiger partial charge in [0.1, 0.15) is 0 Å². The molecular formula is C12H13N3O2S. The third-order valence-corrected chi connectivity index (χ3v) is 3.18. The van der Waals surface area contributed by atoms with Crippen LogP contribution in [0.4, 0.5) is 5.95 Å². The van der Waals surface area contributed by atoms with Crippen LogP contribution >= 0.6 is 0 Å². The van der Waals surface area contributed by atoms with Crippen molar-refractivity contribution < 1.29 is 8.42 Å². The van der Waals surface area contributed by atoms with E-state index in [1.807, 2.05) is 30.3 Å². The van der Waals surface area contributed by atoms with Crippen molar-refractivity contribution in [2.24, 2.45) is 0 Å². The molecule has 1 heterocycles. The molecule has 0 atom stereocenters. The molecule has 0 unspecified atom stereocenters. The molecule has 0 amide bonds. The molecule has 5 nitrogen and oxygen atoms in total. The molecule has 1 aromatic heterocycles. The summed E-state index contributed by atoms with van der Waals surface area (Å²) in [5.41, 5.74) is 7.50. The first-order valence-corrected chi connectivity index (χ1v) is 7.36. The van der Waals surface area contributed by atoms with Crippen LogP contribution in [0.25, 0.3) is 11.3 Å². The van der Waals surface area contributed by atoms with Gasteiger partial charge >= 0.3 is 0 Å². The predicted molar refractivity (Wildman–Crippen MR) is 70.4 cm³/mol. The van der Waals surface area contributed by atoms with Gasteiger partial charge in [0.2, 0.25) is 5.95 Å². The minimum atomic E-state index is -3.14. The van der Waals surface area contributed by atoms with Crippen LogP contribution in [0.15, 0.2) is 36.5 Å². The first-order chi connectivity index (χ1) is 8.46. The highest BCUT2D eigenvalue weighted by Gasteiger charge is 2.13. The number of aromatic nitrogens is 2. The summed E-state index contributed by atoms with van der Waals surface area (Å²) in [6.45, 7) is 0. The van der Waals surface area contributed by atoms with Crippen LogP contribution in [0.5, 0.6) is 0 Å². The van der Waals surface area contributed by atoms with Gasteiger partial charge in [0.05, 0.1) is 11.4 Å². The van der Waals surface area contributed by atoms with Gasteiger partial charge in [-0.05, 0) is 0 Å². The lowest BCUT2D eigenvalue weighted by Crippen LogP contribution is -2.06. The van der Waals surface area contributed by atoms with Crippen LogP contribution in [-0.4, -0.2) is 24.6 Å². The molecule has 0 saturated heterocycles. The van der Waals surface area contributed by atoms with E-state index in [9.17, 15) is 8.42 Å². The number of hydrogen-bond donors (Lipinski definition) is 1. The van der Waals surface area contributed by atoms with E-state index in [4.69, 9.17) is 5.73 Å². The molecule has 2 N–H and O–H groups in total. The smallest absolute Gasteiger partial charge is 0.220 e. The normalized spacial score (nSPS) is 11.4. The summed E-state index contributed by atoms with van der Waals surface area (Å²) < 4.78 is 22.8. The summed E-state index contributed by atoms with van der Waals surface area (Å²) in [5, 5.41) is 0. The Morgan fingerprint density at radius 3 is 2.50 bits per heavy atom. The van der Waals surface area contributed by atoms with Crippen molar-refractivity contribution in [3.63, 3.8) is 0 Å². The van der Waals surface area contributed by atoms with Crippen molar-refractivity contribution in [2.75, 3.05) is 12.0 Å². The minimum Gasteiger partial charge on any atom is -0.368 e. The third kappa shape index (κ3) is 3.04. The summed E-state index contributed by atoms with van der Waals surface area (Å²) in [6, 6.07) is 9.31. The van der Waals surface area contributed by atoms with Crippen molar-refractivity contribution in [3.8, 4) is 11.3 Å². The van der Waals surface area contributed by atoms with Gasteiger partial charge < -0.3 is 5.73 Å². The van der Waals surface area contributed by atoms with E-state index in [0.717, 1.165) is 5.56 Å². The average molecular weight is 263 g/mol. The molecule has 1 aromatic carbocycles. The molecule has 0 radical (unpaired) electrons. The first kappa shape index (κ1) is 12.5. The van der Waals surface area contributed by atoms with Gasteiger partial charge in [0.15, 0.2) is 9.84 Å². The van der Waals surface area contributed by atoms with Crippen molar-refractivity contribution in [1.82, 2.24) is 9.97 Å². The molecule has 0 bridgehead atoms. The fourth-order valence-electron chi connectivity index (χ4n) is 1.65. The van der Waals surface area contributed by atoms with Crippen LogP contribution in [0.3, 0.4) is 0 Å². The molecule has 94 valence electrons. The summed E-state index contributed by atoms with van der Waals surface area (Å²) in [5.74, 6) is 0.0310. The van der Waals surface area contributed by atoms with E-state index in [-0.39, 0.29) is 11.7 Å². The topological polar surface area (TPSA) is 85.9 Å². The Bertz CT molecular complexity index is 654. The van der Waals surface area contributed by atoms with E-state index in [1.54, 1.807) is 0 Å². The van der Waals surface area contributed by atoms with E-state index in [2.05, 4.69) is 9.97 Å². The van der Waals surface area contributed by atoms with Crippen LogP contribution in [0.1, 0.15) is 5.56 Å². The van der Waals surface area contributed by atoms with Crippen molar-refractivity contribution in [3.05, 3.63) is 42.1 Å². The molecule has 6 heteroatoms. The second kappa shape index (κ2) is 4.73. The Balaban J connectivity index is 2.55. The maximum atomic E-state index is 11.4. The molecule has 0 aliphatic carbocycles. The van der Waals surface area contributed by atoms with Gasteiger partial charge in [0.25, 0.3) is 0 Å². The van der Waals surface area contributed by atoms with Gasteiger partial charge in [-0.15, -0.1) is 0 Å². The highest BCUT2D eigenvalue weighted by molar-refractivity contribution is 7.89. The summed E-state index contributed by atoms with van der Waals surface area (Å²) in [6.07, 6.45) is 2.64. The molecular weight excluding hydrogens is 250 g/mol. The second-order valence-electron chi connectivity index (χ2n) is 4.04. The van der Waals surface area contributed by atoms with Gasteiger partial charge in [-0.1, -0.05) is 30.3 Å². The van der Waals surface area contributed by atoms with Crippen molar-refractivity contribution in [1.29, 1.82) is 0 Å². The SMILES string of the molecule is CS(=O)(=O)Cc1cnc(N)nc1-c1ccccc1. The van der Waals surface area contributed by atoms with Crippen LogP contribution in [0, 0.1) is 0 Å². The lowest BCUT2D eigenvalue weighted by Gasteiger charge is -2.08. The summed E-state index contributed by atoms with van der Waals surface area (Å²) in [7, 11) is -3.14. The standard InChI is InChI=1S/C12H13N3O2S/c1-18(16,17)8-10-7-14-12(13)15-11(10)9-5-3-2-4-6-9/h2-7H,8H2,1H3,(H2,13,14,15). The van der Waals surface area contributed by atoms with Crippen molar-refractivity contribution in [2.45, 2.75) is 5.75 Å². The van der Waals surface area contributed by atoms with Crippen LogP contribution in [0.2, 0.25) is 0 Å². The Labute approximate surface area is 106 Å². The number of nitrogen functional groups attached to an aromatic ring is 1. The molecule has 0 spiro atoms. The zero-order chi connectivity index (χ0) is 13.2. The number of anilines is 1. The Morgan fingerprint density at radius 2 is 1.89 bits per heavy atom. The predicted octanol–water partition coefficient (Wildman–Crippen LogP) is 1.27. The number of sulfone groups is 1. The molecule has 2 aromatic rings. The fourth-order valence-corrected chi connectivity index (χ4v) is 2.43. The molecule has 0 saturated carbocycles. The quantitative estimate of drug-likeness (QED) is 0.901. The monoisotopic (exact) mass is 263 g/mol. The van der Waals surface area contributed by atoms with E-state index in [0.29, 0.717) is 11.3 Å². The lowest BCUT2D eigenvalue weighted by atomic mass is 10.1. The zero-order valence-corrected chi connectivity index (χ0v) is 10.7. The Kier molecular flexibility index (Phi) is 3.29. The number of nitrogens with zero attached hydrogens (tertiary/aromatic N) is 2. The van der Waals surface area contributed by atoms with Crippen LogP contribution < -0.4 is 5.73 Å². The largest absolute Gasteiger partial charge is 0.368 e. The highest BCUT2D eigenvalue weighted by Crippen LogP contribution is 2.22. The van der Waals surface area contributed by atoms with E-state index < -0.39 is 9.84 Å². The lowest BCUT2D eigenvalue weighted by molar-refractivity contribution is 0.601. The van der Waals surface area contributed by atoms with Gasteiger partial charge in [-0.25, -0.2) is 18.4 Å². The third-order valence-electron chi connectivity index (χ3n) is 2.35. The second-order valence-corrected chi connectivity index (χ2v) is 6.18. The van der Waals surface area contributed by atoms with Gasteiger partial charge in [0, 0.05) is 23.6 Å². The molecule has 0 aliphatic heterocycles. The van der Waals surface area contributed by atoms with Crippen molar-refractivity contribution >= 4 is 15.8 Å². The highest BCUT2D eigenvalue weighted by atomic mass is 32.2.